The second-order valence-electron chi connectivity index (χ2n) is 4.68. The van der Waals surface area contributed by atoms with E-state index in [-0.39, 0.29) is 6.61 Å². The highest BCUT2D eigenvalue weighted by Gasteiger charge is 2.09. The fourth-order valence-corrected chi connectivity index (χ4v) is 1.84. The van der Waals surface area contributed by atoms with Crippen molar-refractivity contribution < 1.29 is 19.7 Å². The van der Waals surface area contributed by atoms with Crippen molar-refractivity contribution in [2.75, 3.05) is 26.4 Å². The minimum atomic E-state index is 0.0712. The minimum absolute atomic E-state index is 0.0712. The van der Waals surface area contributed by atoms with Gasteiger partial charge in [-0.05, 0) is 56.4 Å². The maximum absolute atomic E-state index is 9.81. The zero-order valence-corrected chi connectivity index (χ0v) is 12.0. The fourth-order valence-electron chi connectivity index (χ4n) is 1.84. The van der Waals surface area contributed by atoms with E-state index >= 15 is 0 Å². The van der Waals surface area contributed by atoms with E-state index in [1.807, 2.05) is 26.8 Å². The molecule has 4 heteroatoms. The molecule has 19 heavy (non-hydrogen) atoms. The molecule has 0 atom stereocenters. The molecule has 1 aromatic rings. The normalized spacial score (nSPS) is 10.7. The predicted molar refractivity (Wildman–Crippen MR) is 75.0 cm³/mol. The number of ether oxygens (including phenoxy) is 2. The van der Waals surface area contributed by atoms with Gasteiger partial charge in [-0.2, -0.15) is 0 Å². The van der Waals surface area contributed by atoms with Crippen molar-refractivity contribution in [3.8, 4) is 11.5 Å². The third-order valence-electron chi connectivity index (χ3n) is 3.18. The van der Waals surface area contributed by atoms with Gasteiger partial charge < -0.3 is 19.7 Å². The largest absolute Gasteiger partial charge is 0.507 e. The van der Waals surface area contributed by atoms with Crippen LogP contribution in [0.25, 0.3) is 0 Å². The molecular formula is C15H24O4. The van der Waals surface area contributed by atoms with Crippen molar-refractivity contribution in [2.24, 2.45) is 0 Å². The molecule has 0 aromatic heterocycles. The van der Waals surface area contributed by atoms with Crippen LogP contribution >= 0.6 is 0 Å². The average molecular weight is 268 g/mol. The summed E-state index contributed by atoms with van der Waals surface area (Å²) >= 11 is 0. The summed E-state index contributed by atoms with van der Waals surface area (Å²) in [6.07, 6.45) is 1.82. The first kappa shape index (κ1) is 15.8. The van der Waals surface area contributed by atoms with Gasteiger partial charge in [0.05, 0.1) is 19.8 Å². The molecule has 0 saturated carbocycles. The van der Waals surface area contributed by atoms with E-state index < -0.39 is 0 Å². The van der Waals surface area contributed by atoms with Gasteiger partial charge in [0.1, 0.15) is 11.5 Å². The summed E-state index contributed by atoms with van der Waals surface area (Å²) in [5, 5.41) is 18.4. The average Bonchev–Trinajstić information content (AvgIpc) is 2.41. The quantitative estimate of drug-likeness (QED) is 0.711. The molecule has 0 fully saturated rings. The second-order valence-corrected chi connectivity index (χ2v) is 4.68. The summed E-state index contributed by atoms with van der Waals surface area (Å²) in [4.78, 5) is 0. The molecule has 108 valence electrons. The number of aryl methyl sites for hydroxylation is 1. The first-order valence-electron chi connectivity index (χ1n) is 6.69. The van der Waals surface area contributed by atoms with Crippen LogP contribution < -0.4 is 4.74 Å². The van der Waals surface area contributed by atoms with Crippen LogP contribution in [-0.2, 0) is 4.74 Å². The lowest BCUT2D eigenvalue weighted by atomic mass is 10.0. The van der Waals surface area contributed by atoms with Crippen LogP contribution in [0.5, 0.6) is 11.5 Å². The first-order chi connectivity index (χ1) is 9.07. The number of benzene rings is 1. The number of rotatable bonds is 8. The molecule has 1 rings (SSSR count). The number of hydrogen-bond donors (Lipinski definition) is 2. The second kappa shape index (κ2) is 8.02. The Labute approximate surface area is 115 Å². The maximum Gasteiger partial charge on any atom is 0.122 e. The molecule has 0 spiro atoms. The van der Waals surface area contributed by atoms with Gasteiger partial charge >= 0.3 is 0 Å². The fraction of sp³-hybridized carbons (Fsp3) is 0.600. The molecule has 0 aliphatic rings. The lowest BCUT2D eigenvalue weighted by Crippen LogP contribution is -2.04. The van der Waals surface area contributed by atoms with Gasteiger partial charge in [-0.3, -0.25) is 0 Å². The Bertz CT molecular complexity index is 402. The van der Waals surface area contributed by atoms with E-state index in [1.165, 1.54) is 0 Å². The highest BCUT2D eigenvalue weighted by molar-refractivity contribution is 5.51. The summed E-state index contributed by atoms with van der Waals surface area (Å²) in [5.74, 6) is 1.19. The van der Waals surface area contributed by atoms with E-state index in [4.69, 9.17) is 14.6 Å². The summed E-state index contributed by atoms with van der Waals surface area (Å²) in [6, 6.07) is 1.87. The molecule has 0 radical (unpaired) electrons. The van der Waals surface area contributed by atoms with Gasteiger partial charge in [0, 0.05) is 6.61 Å². The van der Waals surface area contributed by atoms with Crippen LogP contribution in [0, 0.1) is 20.8 Å². The summed E-state index contributed by atoms with van der Waals surface area (Å²) in [5.41, 5.74) is 2.70. The Balaban J connectivity index is 2.38. The minimum Gasteiger partial charge on any atom is -0.507 e. The molecule has 2 N–H and O–H groups in total. The number of phenolic OH excluding ortho intramolecular Hbond substituents is 1. The van der Waals surface area contributed by atoms with Gasteiger partial charge in [-0.25, -0.2) is 0 Å². The van der Waals surface area contributed by atoms with Crippen molar-refractivity contribution in [1.82, 2.24) is 0 Å². The molecule has 4 nitrogen and oxygen atoms in total. The Morgan fingerprint density at radius 1 is 1.00 bits per heavy atom. The van der Waals surface area contributed by atoms with E-state index in [0.29, 0.717) is 25.6 Å². The van der Waals surface area contributed by atoms with E-state index in [0.717, 1.165) is 35.3 Å². The molecule has 0 aliphatic carbocycles. The lowest BCUT2D eigenvalue weighted by molar-refractivity contribution is 0.0877. The van der Waals surface area contributed by atoms with Crippen LogP contribution in [0.2, 0.25) is 0 Å². The highest BCUT2D eigenvalue weighted by Crippen LogP contribution is 2.31. The monoisotopic (exact) mass is 268 g/mol. The molecule has 0 unspecified atom stereocenters. The maximum atomic E-state index is 9.81. The zero-order valence-electron chi connectivity index (χ0n) is 12.0. The smallest absolute Gasteiger partial charge is 0.122 e. The summed E-state index contributed by atoms with van der Waals surface area (Å²) in [6.45, 7) is 7.47. The van der Waals surface area contributed by atoms with Gasteiger partial charge in [0.25, 0.3) is 0 Å². The Morgan fingerprint density at radius 3 is 2.37 bits per heavy atom. The zero-order chi connectivity index (χ0) is 14.3. The topological polar surface area (TPSA) is 58.9 Å². The number of hydrogen-bond acceptors (Lipinski definition) is 4. The third kappa shape index (κ3) is 4.73. The molecule has 0 aliphatic heterocycles. The number of aromatic hydroxyl groups is 1. The van der Waals surface area contributed by atoms with Crippen LogP contribution in [-0.4, -0.2) is 36.6 Å². The SMILES string of the molecule is Cc1cc(OCCCCOCCO)c(C)c(C)c1O. The number of phenols is 1. The van der Waals surface area contributed by atoms with E-state index in [2.05, 4.69) is 0 Å². The van der Waals surface area contributed by atoms with Crippen LogP contribution in [0.15, 0.2) is 6.07 Å². The number of unbranched alkanes of at least 4 members (excludes halogenated alkanes) is 1. The standard InChI is InChI=1S/C15H24O4/c1-11-10-14(12(2)13(3)15(11)17)19-8-5-4-7-18-9-6-16/h10,16-17H,4-9H2,1-3H3. The molecule has 0 saturated heterocycles. The van der Waals surface area contributed by atoms with Gasteiger partial charge in [0.2, 0.25) is 0 Å². The van der Waals surface area contributed by atoms with Crippen LogP contribution in [0.4, 0.5) is 0 Å². The molecule has 1 aromatic carbocycles. The van der Waals surface area contributed by atoms with Gasteiger partial charge in [0.15, 0.2) is 0 Å². The lowest BCUT2D eigenvalue weighted by Gasteiger charge is -2.14. The first-order valence-corrected chi connectivity index (χ1v) is 6.69. The van der Waals surface area contributed by atoms with E-state index in [1.54, 1.807) is 0 Å². The highest BCUT2D eigenvalue weighted by atomic mass is 16.5. The van der Waals surface area contributed by atoms with Crippen molar-refractivity contribution in [3.63, 3.8) is 0 Å². The Hall–Kier alpha value is -1.26. The summed E-state index contributed by atoms with van der Waals surface area (Å²) < 4.78 is 10.9. The summed E-state index contributed by atoms with van der Waals surface area (Å²) in [7, 11) is 0. The third-order valence-corrected chi connectivity index (χ3v) is 3.18. The van der Waals surface area contributed by atoms with Crippen molar-refractivity contribution in [1.29, 1.82) is 0 Å². The molecule has 0 bridgehead atoms. The van der Waals surface area contributed by atoms with Crippen LogP contribution in [0.3, 0.4) is 0 Å². The Kier molecular flexibility index (Phi) is 6.67. The Morgan fingerprint density at radius 2 is 1.68 bits per heavy atom. The molecular weight excluding hydrogens is 244 g/mol. The van der Waals surface area contributed by atoms with Crippen LogP contribution in [0.1, 0.15) is 29.5 Å². The van der Waals surface area contributed by atoms with Crippen molar-refractivity contribution >= 4 is 0 Å². The van der Waals surface area contributed by atoms with Gasteiger partial charge in [-0.1, -0.05) is 0 Å². The van der Waals surface area contributed by atoms with Crippen molar-refractivity contribution in [2.45, 2.75) is 33.6 Å². The number of aliphatic hydroxyl groups is 1. The van der Waals surface area contributed by atoms with Gasteiger partial charge in [-0.15, -0.1) is 0 Å². The molecule has 0 heterocycles. The number of aliphatic hydroxyl groups excluding tert-OH is 1. The van der Waals surface area contributed by atoms with E-state index in [9.17, 15) is 5.11 Å². The predicted octanol–water partition coefficient (Wildman–Crippen LogP) is 2.49. The van der Waals surface area contributed by atoms with Crippen molar-refractivity contribution in [3.05, 3.63) is 22.8 Å². The molecule has 0 amide bonds.